The van der Waals surface area contributed by atoms with Crippen molar-refractivity contribution in [2.75, 3.05) is 26.2 Å². The molecule has 152 valence electrons. The standard InChI is InChI=1S/C24H28N2O3/c1-16-3-5-18(6-4-16)10-14-26-15-24-11-7-19(29-24)20(21(24)23(26)28)22(27)25-12-8-17(2)9-13-25/h3-8,11,19-21H,9-10,12-15H2,1-2H3/t19-,20+,21+,24-/m0/s1. The van der Waals surface area contributed by atoms with E-state index in [1.54, 1.807) is 0 Å². The average molecular weight is 392 g/mol. The van der Waals surface area contributed by atoms with E-state index in [4.69, 9.17) is 4.74 Å². The number of carbonyl (C=O) groups is 2. The van der Waals surface area contributed by atoms with Crippen molar-refractivity contribution in [3.8, 4) is 0 Å². The van der Waals surface area contributed by atoms with Crippen LogP contribution in [0.3, 0.4) is 0 Å². The lowest BCUT2D eigenvalue weighted by Gasteiger charge is -2.31. The van der Waals surface area contributed by atoms with Crippen LogP contribution < -0.4 is 0 Å². The van der Waals surface area contributed by atoms with Crippen molar-refractivity contribution in [1.29, 1.82) is 0 Å². The lowest BCUT2D eigenvalue weighted by Crippen LogP contribution is -2.47. The van der Waals surface area contributed by atoms with E-state index >= 15 is 0 Å². The Morgan fingerprint density at radius 3 is 2.76 bits per heavy atom. The quantitative estimate of drug-likeness (QED) is 0.740. The summed E-state index contributed by atoms with van der Waals surface area (Å²) < 4.78 is 6.26. The van der Waals surface area contributed by atoms with E-state index in [0.29, 0.717) is 19.6 Å². The lowest BCUT2D eigenvalue weighted by atomic mass is 9.76. The van der Waals surface area contributed by atoms with Gasteiger partial charge in [-0.2, -0.15) is 0 Å². The molecule has 0 aliphatic carbocycles. The van der Waals surface area contributed by atoms with E-state index in [2.05, 4.69) is 44.2 Å². The highest BCUT2D eigenvalue weighted by molar-refractivity contribution is 5.93. The first kappa shape index (κ1) is 18.6. The zero-order valence-corrected chi connectivity index (χ0v) is 17.1. The summed E-state index contributed by atoms with van der Waals surface area (Å²) in [5.74, 6) is -0.617. The molecule has 0 aromatic heterocycles. The molecule has 4 heterocycles. The fraction of sp³-hybridized carbons (Fsp3) is 0.500. The molecule has 0 N–H and O–H groups in total. The topological polar surface area (TPSA) is 49.9 Å². The molecule has 0 unspecified atom stereocenters. The van der Waals surface area contributed by atoms with Gasteiger partial charge in [0.05, 0.1) is 24.5 Å². The molecular weight excluding hydrogens is 364 g/mol. The highest BCUT2D eigenvalue weighted by atomic mass is 16.5. The van der Waals surface area contributed by atoms with Gasteiger partial charge >= 0.3 is 0 Å². The van der Waals surface area contributed by atoms with Gasteiger partial charge in [0, 0.05) is 19.6 Å². The minimum atomic E-state index is -0.614. The van der Waals surface area contributed by atoms with Crippen LogP contribution in [0.2, 0.25) is 0 Å². The molecule has 4 atom stereocenters. The highest BCUT2D eigenvalue weighted by Crippen LogP contribution is 2.52. The molecule has 1 aromatic carbocycles. The monoisotopic (exact) mass is 392 g/mol. The first-order chi connectivity index (χ1) is 14.0. The molecular formula is C24H28N2O3. The molecule has 1 aromatic rings. The number of likely N-dealkylation sites (tertiary alicyclic amines) is 1. The minimum absolute atomic E-state index is 0.0729. The van der Waals surface area contributed by atoms with Crippen molar-refractivity contribution in [2.45, 2.75) is 38.4 Å². The molecule has 5 rings (SSSR count). The number of amides is 2. The number of rotatable bonds is 4. The highest BCUT2D eigenvalue weighted by Gasteiger charge is 2.67. The molecule has 2 bridgehead atoms. The maximum absolute atomic E-state index is 13.3. The van der Waals surface area contributed by atoms with E-state index in [1.165, 1.54) is 16.7 Å². The SMILES string of the molecule is CC1=CCN(C(=O)[C@@H]2[C@@H]3C=C[C@@]4(CN(CCc5ccc(C)cc5)C(=O)[C@@H]24)O3)CC1. The summed E-state index contributed by atoms with van der Waals surface area (Å²) in [7, 11) is 0. The Bertz CT molecular complexity index is 903. The van der Waals surface area contributed by atoms with Crippen molar-refractivity contribution in [3.63, 3.8) is 0 Å². The number of aryl methyl sites for hydroxylation is 1. The number of hydrogen-bond acceptors (Lipinski definition) is 3. The van der Waals surface area contributed by atoms with Gasteiger partial charge in [-0.25, -0.2) is 0 Å². The number of hydrogen-bond donors (Lipinski definition) is 0. The van der Waals surface area contributed by atoms with Gasteiger partial charge in [0.2, 0.25) is 11.8 Å². The molecule has 2 fully saturated rings. The number of nitrogens with zero attached hydrogens (tertiary/aromatic N) is 2. The first-order valence-corrected chi connectivity index (χ1v) is 10.6. The van der Waals surface area contributed by atoms with Gasteiger partial charge in [-0.1, -0.05) is 53.6 Å². The summed E-state index contributed by atoms with van der Waals surface area (Å²) in [4.78, 5) is 30.4. The Morgan fingerprint density at radius 1 is 1.24 bits per heavy atom. The second-order valence-electron chi connectivity index (χ2n) is 8.98. The van der Waals surface area contributed by atoms with E-state index < -0.39 is 5.60 Å². The van der Waals surface area contributed by atoms with Gasteiger partial charge in [0.1, 0.15) is 5.60 Å². The Morgan fingerprint density at radius 2 is 2.03 bits per heavy atom. The normalized spacial score (nSPS) is 32.7. The van der Waals surface area contributed by atoms with Crippen molar-refractivity contribution >= 4 is 11.8 Å². The van der Waals surface area contributed by atoms with Gasteiger partial charge in [-0.3, -0.25) is 9.59 Å². The summed E-state index contributed by atoms with van der Waals surface area (Å²) in [6.45, 7) is 6.77. The summed E-state index contributed by atoms with van der Waals surface area (Å²) in [5, 5.41) is 0. The average Bonchev–Trinajstić information content (AvgIpc) is 3.36. The zero-order valence-electron chi connectivity index (χ0n) is 17.1. The van der Waals surface area contributed by atoms with Crippen molar-refractivity contribution in [3.05, 3.63) is 59.2 Å². The second kappa shape index (κ2) is 6.84. The van der Waals surface area contributed by atoms with E-state index in [-0.39, 0.29) is 29.8 Å². The van der Waals surface area contributed by atoms with Crippen LogP contribution >= 0.6 is 0 Å². The zero-order chi connectivity index (χ0) is 20.2. The molecule has 1 spiro atoms. The Labute approximate surface area is 172 Å². The third-order valence-corrected chi connectivity index (χ3v) is 7.00. The van der Waals surface area contributed by atoms with Gasteiger partial charge in [0.25, 0.3) is 0 Å². The predicted octanol–water partition coefficient (Wildman–Crippen LogP) is 2.50. The lowest BCUT2D eigenvalue weighted by molar-refractivity contribution is -0.143. The second-order valence-corrected chi connectivity index (χ2v) is 8.98. The van der Waals surface area contributed by atoms with Crippen LogP contribution in [0.5, 0.6) is 0 Å². The summed E-state index contributed by atoms with van der Waals surface area (Å²) in [6, 6.07) is 8.45. The predicted molar refractivity (Wildman–Crippen MR) is 110 cm³/mol. The first-order valence-electron chi connectivity index (χ1n) is 10.6. The third-order valence-electron chi connectivity index (χ3n) is 7.00. The molecule has 5 heteroatoms. The fourth-order valence-corrected chi connectivity index (χ4v) is 5.25. The number of carbonyl (C=O) groups excluding carboxylic acids is 2. The van der Waals surface area contributed by atoms with E-state index in [0.717, 1.165) is 19.4 Å². The minimum Gasteiger partial charge on any atom is -0.360 e. The number of fused-ring (bicyclic) bond motifs is 1. The largest absolute Gasteiger partial charge is 0.360 e. The summed E-state index contributed by atoms with van der Waals surface area (Å²) >= 11 is 0. The smallest absolute Gasteiger partial charge is 0.230 e. The number of ether oxygens (including phenoxy) is 1. The van der Waals surface area contributed by atoms with Crippen molar-refractivity contribution in [2.24, 2.45) is 11.8 Å². The Balaban J connectivity index is 1.32. The molecule has 29 heavy (non-hydrogen) atoms. The van der Waals surface area contributed by atoms with E-state index in [1.807, 2.05) is 22.0 Å². The molecule has 0 saturated carbocycles. The molecule has 4 aliphatic rings. The van der Waals surface area contributed by atoms with Crippen LogP contribution in [0.15, 0.2) is 48.1 Å². The van der Waals surface area contributed by atoms with Crippen LogP contribution in [-0.4, -0.2) is 59.5 Å². The van der Waals surface area contributed by atoms with Gasteiger partial charge in [-0.05, 0) is 32.3 Å². The fourth-order valence-electron chi connectivity index (χ4n) is 5.25. The molecule has 0 radical (unpaired) electrons. The van der Waals surface area contributed by atoms with Crippen LogP contribution in [-0.2, 0) is 20.7 Å². The van der Waals surface area contributed by atoms with Crippen molar-refractivity contribution in [1.82, 2.24) is 9.80 Å². The summed E-state index contributed by atoms with van der Waals surface area (Å²) in [6.07, 6.45) is 7.62. The van der Waals surface area contributed by atoms with Gasteiger partial charge in [0.15, 0.2) is 0 Å². The third kappa shape index (κ3) is 3.03. The van der Waals surface area contributed by atoms with E-state index in [9.17, 15) is 9.59 Å². The Kier molecular flexibility index (Phi) is 4.39. The number of benzene rings is 1. The van der Waals surface area contributed by atoms with Crippen LogP contribution in [0.4, 0.5) is 0 Å². The molecule has 2 saturated heterocycles. The van der Waals surface area contributed by atoms with Crippen LogP contribution in [0.25, 0.3) is 0 Å². The van der Waals surface area contributed by atoms with Crippen LogP contribution in [0, 0.1) is 18.8 Å². The molecule has 2 amide bonds. The molecule has 4 aliphatic heterocycles. The summed E-state index contributed by atoms with van der Waals surface area (Å²) in [5.41, 5.74) is 3.17. The van der Waals surface area contributed by atoms with Gasteiger partial charge < -0.3 is 14.5 Å². The van der Waals surface area contributed by atoms with Crippen molar-refractivity contribution < 1.29 is 14.3 Å². The maximum Gasteiger partial charge on any atom is 0.230 e. The van der Waals surface area contributed by atoms with Crippen LogP contribution in [0.1, 0.15) is 24.5 Å². The maximum atomic E-state index is 13.3. The Hall–Kier alpha value is -2.40. The van der Waals surface area contributed by atoms with Gasteiger partial charge in [-0.15, -0.1) is 0 Å². The molecule has 5 nitrogen and oxygen atoms in total.